The average Bonchev–Trinajstić information content (AvgIpc) is 1.55. The zero-order valence-corrected chi connectivity index (χ0v) is 8.53. The highest BCUT2D eigenvalue weighted by atomic mass is 28.5. The fourth-order valence-corrected chi connectivity index (χ4v) is 0.845. The van der Waals surface area contributed by atoms with Gasteiger partial charge in [0.1, 0.15) is 0 Å². The van der Waals surface area contributed by atoms with E-state index >= 15 is 0 Å². The minimum absolute atomic E-state index is 1.71. The first-order valence-corrected chi connectivity index (χ1v) is 7.99. The highest BCUT2D eigenvalue weighted by molar-refractivity contribution is 6.75. The summed E-state index contributed by atoms with van der Waals surface area (Å²) in [5, 5.41) is 0. The summed E-state index contributed by atoms with van der Waals surface area (Å²) in [6, 6.07) is 1.71. The first kappa shape index (κ1) is 10.6. The van der Waals surface area contributed by atoms with Gasteiger partial charge < -0.3 is 0 Å². The first-order chi connectivity index (χ1) is 4.71. The van der Waals surface area contributed by atoms with E-state index < -0.39 is 17.5 Å². The molecule has 0 aliphatic heterocycles. The van der Waals surface area contributed by atoms with Crippen LogP contribution in [0.1, 0.15) is 0 Å². The summed E-state index contributed by atoms with van der Waals surface area (Å²) in [7, 11) is -7.63. The molecule has 0 radical (unpaired) electrons. The number of rotatable bonds is 2. The third kappa shape index (κ3) is 9.60. The minimum Gasteiger partial charge on any atom is -0.268 e. The van der Waals surface area contributed by atoms with Gasteiger partial charge in [-0.3, -0.25) is 4.66 Å². The van der Waals surface area contributed by atoms with Crippen LogP contribution < -0.4 is 0 Å². The molecule has 0 aromatic carbocycles. The number of halogens is 3. The van der Waals surface area contributed by atoms with Crippen LogP contribution >= 0.6 is 0 Å². The zero-order chi connectivity index (χ0) is 9.12. The van der Waals surface area contributed by atoms with E-state index in [0.717, 1.165) is 0 Å². The molecule has 7 heteroatoms. The summed E-state index contributed by atoms with van der Waals surface area (Å²) < 4.78 is 40.4. The predicted octanol–water partition coefficient (Wildman–Crippen LogP) is 2.34. The van der Waals surface area contributed by atoms with Crippen molar-refractivity contribution in [3.8, 4) is 0 Å². The van der Waals surface area contributed by atoms with Crippen molar-refractivity contribution in [1.29, 1.82) is 0 Å². The van der Waals surface area contributed by atoms with Gasteiger partial charge in [0.2, 0.25) is 0 Å². The maximum absolute atomic E-state index is 11.5. The smallest absolute Gasteiger partial charge is 0.268 e. The maximum Gasteiger partial charge on any atom is 0.783 e. The molecule has 0 aromatic heterocycles. The quantitative estimate of drug-likeness (QED) is 0.369. The Hall–Kier alpha value is -0.396. The van der Waals surface area contributed by atoms with Crippen LogP contribution in [0.3, 0.4) is 0 Å². The highest BCUT2D eigenvalue weighted by Crippen LogP contribution is 2.08. The Kier molecular flexibility index (Phi) is 3.21. The van der Waals surface area contributed by atoms with Crippen molar-refractivity contribution >= 4 is 23.5 Å². The molecule has 0 spiro atoms. The van der Waals surface area contributed by atoms with E-state index in [1.54, 1.807) is 6.01 Å². The molecule has 2 nitrogen and oxygen atoms in total. The van der Waals surface area contributed by atoms with Gasteiger partial charge in [-0.2, -0.15) is 4.66 Å². The van der Waals surface area contributed by atoms with Crippen molar-refractivity contribution < 1.29 is 12.3 Å². The summed E-state index contributed by atoms with van der Waals surface area (Å²) in [6.07, 6.45) is 0. The van der Waals surface area contributed by atoms with Crippen molar-refractivity contribution in [1.82, 2.24) is 0 Å². The Morgan fingerprint density at radius 3 is 1.73 bits per heavy atom. The van der Waals surface area contributed by atoms with Crippen molar-refractivity contribution in [3.05, 3.63) is 0 Å². The molecule has 0 saturated heterocycles. The van der Waals surface area contributed by atoms with Gasteiger partial charge in [-0.15, -0.1) is 0 Å². The van der Waals surface area contributed by atoms with Crippen LogP contribution in [0.15, 0.2) is 9.32 Å². The van der Waals surface area contributed by atoms with Crippen LogP contribution in [-0.2, 0) is 0 Å². The molecule has 0 unspecified atom stereocenters. The first-order valence-electron chi connectivity index (χ1n) is 2.96. The van der Waals surface area contributed by atoms with Gasteiger partial charge >= 0.3 is 9.24 Å². The van der Waals surface area contributed by atoms with Crippen molar-refractivity contribution in [3.63, 3.8) is 0 Å². The third-order valence-corrected chi connectivity index (χ3v) is 1.69. The second-order valence-electron chi connectivity index (χ2n) is 2.96. The van der Waals surface area contributed by atoms with Crippen LogP contribution in [0.5, 0.6) is 0 Å². The second kappa shape index (κ2) is 3.33. The van der Waals surface area contributed by atoms with Crippen LogP contribution in [0.2, 0.25) is 19.6 Å². The molecule has 0 saturated carbocycles. The molecule has 0 aliphatic carbocycles. The van der Waals surface area contributed by atoms with E-state index in [0.29, 0.717) is 0 Å². The van der Waals surface area contributed by atoms with Gasteiger partial charge in [-0.05, 0) is 19.6 Å². The fourth-order valence-electron chi connectivity index (χ4n) is 0.232. The van der Waals surface area contributed by atoms with Gasteiger partial charge in [0.15, 0.2) is 8.24 Å². The summed E-state index contributed by atoms with van der Waals surface area (Å²) >= 11 is 0. The Morgan fingerprint density at radius 1 is 1.00 bits per heavy atom. The molecule has 0 fully saturated rings. The Labute approximate surface area is 65.6 Å². The summed E-state index contributed by atoms with van der Waals surface area (Å²) in [6.45, 7) is 5.44. The lowest BCUT2D eigenvalue weighted by Gasteiger charge is -2.02. The monoisotopic (exact) mass is 198 g/mol. The lowest BCUT2D eigenvalue weighted by molar-refractivity contribution is 0.477. The van der Waals surface area contributed by atoms with Crippen molar-refractivity contribution in [2.24, 2.45) is 9.32 Å². The van der Waals surface area contributed by atoms with E-state index in [1.165, 1.54) is 0 Å². The van der Waals surface area contributed by atoms with E-state index in [2.05, 4.69) is 9.32 Å². The van der Waals surface area contributed by atoms with Crippen LogP contribution in [0.25, 0.3) is 0 Å². The largest absolute Gasteiger partial charge is 0.783 e. The van der Waals surface area contributed by atoms with Crippen LogP contribution in [0.4, 0.5) is 12.3 Å². The molecular weight excluding hydrogens is 189 g/mol. The van der Waals surface area contributed by atoms with Gasteiger partial charge in [-0.25, -0.2) is 12.3 Å². The summed E-state index contributed by atoms with van der Waals surface area (Å²) in [4.78, 5) is 0. The summed E-state index contributed by atoms with van der Waals surface area (Å²) in [5.74, 6) is 0. The molecule has 0 rings (SSSR count). The maximum atomic E-state index is 11.5. The Balaban J connectivity index is 4.25. The number of hydrogen-bond donors (Lipinski definition) is 0. The molecule has 0 amide bonds. The average molecular weight is 198 g/mol. The molecule has 0 atom stereocenters. The molecule has 0 bridgehead atoms. The minimum atomic E-state index is -5.81. The molecule has 0 aliphatic rings. The van der Waals surface area contributed by atoms with E-state index in [4.69, 9.17) is 0 Å². The molecular formula is C4H9F3N2Si2. The van der Waals surface area contributed by atoms with Gasteiger partial charge in [0.05, 0.1) is 6.01 Å². The zero-order valence-electron chi connectivity index (χ0n) is 6.53. The van der Waals surface area contributed by atoms with E-state index in [1.807, 2.05) is 19.6 Å². The topological polar surface area (TPSA) is 24.7 Å². The van der Waals surface area contributed by atoms with Gasteiger partial charge in [0, 0.05) is 0 Å². The van der Waals surface area contributed by atoms with E-state index in [-0.39, 0.29) is 0 Å². The summed E-state index contributed by atoms with van der Waals surface area (Å²) in [5.41, 5.74) is 0. The predicted molar refractivity (Wildman–Crippen MR) is 42.3 cm³/mol. The number of nitrogens with zero attached hydrogens (tertiary/aromatic N) is 2. The van der Waals surface area contributed by atoms with Crippen molar-refractivity contribution in [2.45, 2.75) is 19.6 Å². The molecule has 0 heterocycles. The van der Waals surface area contributed by atoms with Gasteiger partial charge in [0.25, 0.3) is 0 Å². The standard InChI is InChI=1S/C4H9F3N2Si2/c1-10(2,3)8-4-9-11(5,6)7/h1-3H3. The second-order valence-corrected chi connectivity index (χ2v) is 8.69. The highest BCUT2D eigenvalue weighted by Gasteiger charge is 2.38. The van der Waals surface area contributed by atoms with Gasteiger partial charge in [-0.1, -0.05) is 0 Å². The lowest BCUT2D eigenvalue weighted by atomic mass is 11.6. The molecule has 0 aromatic rings. The SMILES string of the molecule is C[Si](C)(C)N=C=N[Si](F)(F)F. The normalized spacial score (nSPS) is 12.2. The lowest BCUT2D eigenvalue weighted by Crippen LogP contribution is -2.16. The van der Waals surface area contributed by atoms with Crippen LogP contribution in [0, 0.1) is 0 Å². The Bertz CT molecular complexity index is 168. The third-order valence-electron chi connectivity index (χ3n) is 0.562. The van der Waals surface area contributed by atoms with E-state index in [9.17, 15) is 12.3 Å². The number of hydrogen-bond acceptors (Lipinski definition) is 2. The molecule has 64 valence electrons. The molecule has 0 N–H and O–H groups in total. The van der Waals surface area contributed by atoms with Crippen LogP contribution in [-0.4, -0.2) is 23.5 Å². The Morgan fingerprint density at radius 2 is 1.45 bits per heavy atom. The fraction of sp³-hybridized carbons (Fsp3) is 0.750. The molecule has 11 heavy (non-hydrogen) atoms. The van der Waals surface area contributed by atoms with Crippen molar-refractivity contribution in [2.75, 3.05) is 0 Å².